The van der Waals surface area contributed by atoms with Crippen LogP contribution in [0.5, 0.6) is 0 Å². The molecule has 2 nitrogen and oxygen atoms in total. The van der Waals surface area contributed by atoms with E-state index in [1.807, 2.05) is 0 Å². The molecule has 0 bridgehead atoms. The monoisotopic (exact) mass is 704 g/mol. The Morgan fingerprint density at radius 2 is 0.982 bits per heavy atom. The molecule has 0 radical (unpaired) electrons. The minimum atomic E-state index is 0.423. The van der Waals surface area contributed by atoms with Crippen molar-refractivity contribution < 1.29 is 0 Å². The van der Waals surface area contributed by atoms with Crippen LogP contribution in [-0.4, -0.2) is 4.57 Å². The number of para-hydroxylation sites is 1. The maximum absolute atomic E-state index is 2.48. The fraction of sp³-hybridized carbons (Fsp3) is 0.0566. The molecule has 0 saturated carbocycles. The highest BCUT2D eigenvalue weighted by atomic mass is 15.1. The SMILES string of the molecule is CC1CC(n2c3ccccc3c3cc(-c4ccc(N(c5ccc(-c6ccccc6)cc5)c5cccc6ccccc56)cc4)ccc32)=CC=C1c1ccccc1. The highest BCUT2D eigenvalue weighted by Gasteiger charge is 2.21. The van der Waals surface area contributed by atoms with Gasteiger partial charge in [-0.15, -0.1) is 0 Å². The number of allylic oxidation sites excluding steroid dienone is 4. The zero-order valence-corrected chi connectivity index (χ0v) is 30.8. The number of hydrogen-bond acceptors (Lipinski definition) is 1. The van der Waals surface area contributed by atoms with Crippen molar-refractivity contribution >= 4 is 60.9 Å². The molecule has 0 spiro atoms. The van der Waals surface area contributed by atoms with Gasteiger partial charge in [-0.1, -0.05) is 159 Å². The summed E-state index contributed by atoms with van der Waals surface area (Å²) >= 11 is 0. The van der Waals surface area contributed by atoms with Crippen LogP contribution < -0.4 is 4.90 Å². The second-order valence-corrected chi connectivity index (χ2v) is 14.6. The van der Waals surface area contributed by atoms with Crippen molar-refractivity contribution in [3.8, 4) is 22.3 Å². The largest absolute Gasteiger partial charge is 0.313 e. The smallest absolute Gasteiger partial charge is 0.0540 e. The molecular formula is C53H40N2. The Bertz CT molecular complexity index is 2870. The third-order valence-corrected chi connectivity index (χ3v) is 11.3. The summed E-state index contributed by atoms with van der Waals surface area (Å²) < 4.78 is 2.48. The zero-order valence-electron chi connectivity index (χ0n) is 30.8. The molecule has 1 atom stereocenters. The third-order valence-electron chi connectivity index (χ3n) is 11.3. The minimum absolute atomic E-state index is 0.423. The molecule has 0 N–H and O–H groups in total. The van der Waals surface area contributed by atoms with Crippen LogP contribution in [0.1, 0.15) is 18.9 Å². The number of nitrogens with zero attached hydrogens (tertiary/aromatic N) is 2. The number of fused-ring (bicyclic) bond motifs is 4. The standard InChI is InChI=1S/C53H40N2/c1-37-35-46(32-33-47(37)41-15-6-3-7-16-41)55-52-21-11-10-20-49(52)50-36-43(27-34-53(50)55)40-25-30-45(31-26-40)54(51-22-12-18-42-17-8-9-19-48(42)51)44-28-23-39(24-29-44)38-13-4-2-5-14-38/h2-34,36-37H,35H2,1H3. The van der Waals surface area contributed by atoms with Gasteiger partial charge in [0, 0.05) is 33.2 Å². The van der Waals surface area contributed by atoms with Gasteiger partial charge in [-0.2, -0.15) is 0 Å². The summed E-state index contributed by atoms with van der Waals surface area (Å²) in [6, 6.07) is 70.4. The van der Waals surface area contributed by atoms with E-state index in [0.29, 0.717) is 5.92 Å². The fourth-order valence-corrected chi connectivity index (χ4v) is 8.55. The molecule has 0 fully saturated rings. The molecule has 1 aliphatic rings. The maximum atomic E-state index is 2.48. The fourth-order valence-electron chi connectivity index (χ4n) is 8.55. The van der Waals surface area contributed by atoms with Gasteiger partial charge in [0.25, 0.3) is 0 Å². The lowest BCUT2D eigenvalue weighted by Crippen LogP contribution is -2.10. The van der Waals surface area contributed by atoms with E-state index in [1.165, 1.54) is 71.7 Å². The van der Waals surface area contributed by atoms with Gasteiger partial charge in [0.2, 0.25) is 0 Å². The van der Waals surface area contributed by atoms with Crippen LogP contribution in [0.3, 0.4) is 0 Å². The van der Waals surface area contributed by atoms with E-state index >= 15 is 0 Å². The molecule has 8 aromatic carbocycles. The summed E-state index contributed by atoms with van der Waals surface area (Å²) in [6.45, 7) is 2.35. The van der Waals surface area contributed by atoms with Crippen LogP contribution in [0.2, 0.25) is 0 Å². The van der Waals surface area contributed by atoms with Gasteiger partial charge in [-0.25, -0.2) is 0 Å². The van der Waals surface area contributed by atoms with Gasteiger partial charge >= 0.3 is 0 Å². The van der Waals surface area contributed by atoms with Crippen molar-refractivity contribution in [2.24, 2.45) is 5.92 Å². The average molecular weight is 705 g/mol. The predicted octanol–water partition coefficient (Wildman–Crippen LogP) is 14.7. The maximum Gasteiger partial charge on any atom is 0.0540 e. The summed E-state index contributed by atoms with van der Waals surface area (Å²) in [5.74, 6) is 0.423. The number of benzene rings is 8. The predicted molar refractivity (Wildman–Crippen MR) is 235 cm³/mol. The second kappa shape index (κ2) is 13.8. The van der Waals surface area contributed by atoms with Crippen molar-refractivity contribution in [2.45, 2.75) is 13.3 Å². The highest BCUT2D eigenvalue weighted by molar-refractivity contribution is 6.11. The first kappa shape index (κ1) is 32.7. The van der Waals surface area contributed by atoms with Crippen molar-refractivity contribution in [2.75, 3.05) is 4.90 Å². The number of anilines is 3. The van der Waals surface area contributed by atoms with Gasteiger partial charge in [0.05, 0.1) is 16.7 Å². The van der Waals surface area contributed by atoms with E-state index in [9.17, 15) is 0 Å². The Labute approximate surface area is 322 Å². The zero-order chi connectivity index (χ0) is 36.7. The first-order valence-corrected chi connectivity index (χ1v) is 19.2. The van der Waals surface area contributed by atoms with E-state index in [4.69, 9.17) is 0 Å². The molecule has 1 unspecified atom stereocenters. The van der Waals surface area contributed by atoms with Crippen LogP contribution in [0, 0.1) is 5.92 Å². The molecule has 10 rings (SSSR count). The van der Waals surface area contributed by atoms with Crippen LogP contribution in [0.15, 0.2) is 206 Å². The normalized spacial score (nSPS) is 14.2. The first-order chi connectivity index (χ1) is 27.2. The van der Waals surface area contributed by atoms with E-state index < -0.39 is 0 Å². The van der Waals surface area contributed by atoms with Crippen LogP contribution in [0.25, 0.3) is 66.1 Å². The van der Waals surface area contributed by atoms with Gasteiger partial charge < -0.3 is 9.47 Å². The number of aromatic nitrogens is 1. The summed E-state index contributed by atoms with van der Waals surface area (Å²) in [5, 5.41) is 5.00. The minimum Gasteiger partial charge on any atom is -0.313 e. The van der Waals surface area contributed by atoms with Gasteiger partial charge in [-0.05, 0) is 106 Å². The van der Waals surface area contributed by atoms with Crippen LogP contribution >= 0.6 is 0 Å². The first-order valence-electron chi connectivity index (χ1n) is 19.2. The Hall–Kier alpha value is -6.90. The molecule has 0 aliphatic heterocycles. The van der Waals surface area contributed by atoms with Crippen molar-refractivity contribution in [1.82, 2.24) is 4.57 Å². The molecule has 1 aliphatic carbocycles. The van der Waals surface area contributed by atoms with Gasteiger partial charge in [-0.3, -0.25) is 0 Å². The summed E-state index contributed by atoms with van der Waals surface area (Å²) in [4.78, 5) is 2.38. The quantitative estimate of drug-likeness (QED) is 0.160. The number of hydrogen-bond donors (Lipinski definition) is 0. The Kier molecular flexibility index (Phi) is 8.22. The molecule has 1 heterocycles. The topological polar surface area (TPSA) is 8.17 Å². The van der Waals surface area contributed by atoms with E-state index in [1.54, 1.807) is 0 Å². The van der Waals surface area contributed by atoms with E-state index in [2.05, 4.69) is 223 Å². The summed E-state index contributed by atoms with van der Waals surface area (Å²) in [7, 11) is 0. The molecular weight excluding hydrogens is 665 g/mol. The highest BCUT2D eigenvalue weighted by Crippen LogP contribution is 2.42. The van der Waals surface area contributed by atoms with E-state index in [0.717, 1.165) is 23.5 Å². The van der Waals surface area contributed by atoms with Gasteiger partial charge in [0.1, 0.15) is 0 Å². The van der Waals surface area contributed by atoms with Crippen LogP contribution in [-0.2, 0) is 0 Å². The van der Waals surface area contributed by atoms with E-state index in [-0.39, 0.29) is 0 Å². The molecule has 262 valence electrons. The molecule has 2 heteroatoms. The van der Waals surface area contributed by atoms with Crippen molar-refractivity contribution in [1.29, 1.82) is 0 Å². The third kappa shape index (κ3) is 5.93. The van der Waals surface area contributed by atoms with Crippen molar-refractivity contribution in [3.63, 3.8) is 0 Å². The van der Waals surface area contributed by atoms with Gasteiger partial charge in [0.15, 0.2) is 0 Å². The molecule has 0 amide bonds. The second-order valence-electron chi connectivity index (χ2n) is 14.6. The Balaban J connectivity index is 1.04. The van der Waals surface area contributed by atoms with Crippen LogP contribution in [0.4, 0.5) is 17.1 Å². The lowest BCUT2D eigenvalue weighted by atomic mass is 9.86. The molecule has 55 heavy (non-hydrogen) atoms. The molecule has 9 aromatic rings. The Morgan fingerprint density at radius 3 is 1.69 bits per heavy atom. The average Bonchev–Trinajstić information content (AvgIpc) is 3.59. The number of rotatable bonds is 7. The molecule has 1 aromatic heterocycles. The lowest BCUT2D eigenvalue weighted by molar-refractivity contribution is 0.750. The summed E-state index contributed by atoms with van der Waals surface area (Å²) in [6.07, 6.45) is 5.65. The Morgan fingerprint density at radius 1 is 0.436 bits per heavy atom. The van der Waals surface area contributed by atoms with Crippen molar-refractivity contribution in [3.05, 3.63) is 212 Å². The summed E-state index contributed by atoms with van der Waals surface area (Å²) in [5.41, 5.74) is 14.8. The molecule has 0 saturated heterocycles. The lowest BCUT2D eigenvalue weighted by Gasteiger charge is -2.27.